The number of hydrogen-bond donors (Lipinski definition) is 0. The SMILES string of the molecule is CC1(C)c2ccccc2-c2cc3c4cc(-c5cccc(-c6cccc7c6oc6c(C8=NC(c9ccccc9)=N[C@@H](c9ccccc9)C8)cccc67)c5)ccc4n(-c4ccccc4)c3cc21. The van der Waals surface area contributed by atoms with Gasteiger partial charge in [0.1, 0.15) is 11.2 Å². The van der Waals surface area contributed by atoms with Gasteiger partial charge in [-0.15, -0.1) is 0 Å². The number of fused-ring (bicyclic) bond motifs is 9. The van der Waals surface area contributed by atoms with Gasteiger partial charge in [-0.2, -0.15) is 0 Å². The fraction of sp³-hybridized carbons (Fsp3) is 0.0820. The van der Waals surface area contributed by atoms with Gasteiger partial charge in [0.15, 0.2) is 5.84 Å². The van der Waals surface area contributed by atoms with Crippen LogP contribution in [-0.2, 0) is 5.41 Å². The van der Waals surface area contributed by atoms with Crippen LogP contribution >= 0.6 is 0 Å². The smallest absolute Gasteiger partial charge is 0.155 e. The van der Waals surface area contributed by atoms with Gasteiger partial charge in [-0.05, 0) is 93.0 Å². The van der Waals surface area contributed by atoms with Gasteiger partial charge in [-0.25, -0.2) is 4.99 Å². The first-order valence-electron chi connectivity index (χ1n) is 22.6. The van der Waals surface area contributed by atoms with Crippen LogP contribution in [0.15, 0.2) is 221 Å². The summed E-state index contributed by atoms with van der Waals surface area (Å²) in [6.07, 6.45) is 0.674. The highest BCUT2D eigenvalue weighted by atomic mass is 16.3. The molecule has 0 unspecified atom stereocenters. The number of para-hydroxylation sites is 3. The maximum Gasteiger partial charge on any atom is 0.155 e. The summed E-state index contributed by atoms with van der Waals surface area (Å²) in [6, 6.07) is 74.2. The number of benzene rings is 9. The molecule has 0 fully saturated rings. The van der Waals surface area contributed by atoms with E-state index in [0.717, 1.165) is 67.0 Å². The number of rotatable bonds is 6. The maximum atomic E-state index is 7.05. The third kappa shape index (κ3) is 5.91. The van der Waals surface area contributed by atoms with E-state index >= 15 is 0 Å². The molecule has 1 aliphatic carbocycles. The zero-order valence-corrected chi connectivity index (χ0v) is 36.2. The summed E-state index contributed by atoms with van der Waals surface area (Å²) in [6.45, 7) is 4.72. The van der Waals surface area contributed by atoms with E-state index in [0.29, 0.717) is 6.42 Å². The van der Waals surface area contributed by atoms with Gasteiger partial charge >= 0.3 is 0 Å². The molecule has 65 heavy (non-hydrogen) atoms. The zero-order chi connectivity index (χ0) is 43.2. The molecule has 4 nitrogen and oxygen atoms in total. The van der Waals surface area contributed by atoms with E-state index in [2.05, 4.69) is 206 Å². The molecular weight excluding hydrogens is 791 g/mol. The van der Waals surface area contributed by atoms with Crippen LogP contribution in [0.4, 0.5) is 0 Å². The predicted octanol–water partition coefficient (Wildman–Crippen LogP) is 15.7. The van der Waals surface area contributed by atoms with Crippen molar-refractivity contribution in [2.24, 2.45) is 9.98 Å². The molecule has 4 heteroatoms. The van der Waals surface area contributed by atoms with Crippen LogP contribution in [-0.4, -0.2) is 16.1 Å². The lowest BCUT2D eigenvalue weighted by molar-refractivity contribution is 0.661. The van der Waals surface area contributed by atoms with Crippen LogP contribution in [0, 0.1) is 0 Å². The molecule has 0 bridgehead atoms. The highest BCUT2D eigenvalue weighted by Gasteiger charge is 2.36. The molecule has 1 aliphatic heterocycles. The Morgan fingerprint density at radius 1 is 0.462 bits per heavy atom. The highest BCUT2D eigenvalue weighted by Crippen LogP contribution is 2.51. The first kappa shape index (κ1) is 37.5. The molecule has 3 heterocycles. The molecular formula is C61H43N3O. The van der Waals surface area contributed by atoms with Crippen molar-refractivity contribution in [3.05, 3.63) is 234 Å². The Balaban J connectivity index is 0.935. The van der Waals surface area contributed by atoms with E-state index in [4.69, 9.17) is 14.4 Å². The molecule has 0 saturated heterocycles. The average Bonchev–Trinajstić information content (AvgIpc) is 3.99. The third-order valence-electron chi connectivity index (χ3n) is 13.9. The van der Waals surface area contributed by atoms with Gasteiger partial charge in [0.2, 0.25) is 0 Å². The molecule has 2 aliphatic rings. The third-order valence-corrected chi connectivity index (χ3v) is 13.9. The van der Waals surface area contributed by atoms with Gasteiger partial charge in [0.25, 0.3) is 0 Å². The van der Waals surface area contributed by atoms with Crippen LogP contribution in [0.5, 0.6) is 0 Å². The summed E-state index contributed by atoms with van der Waals surface area (Å²) in [7, 11) is 0. The summed E-state index contributed by atoms with van der Waals surface area (Å²) in [5, 5.41) is 4.67. The van der Waals surface area contributed by atoms with Crippen LogP contribution in [0.3, 0.4) is 0 Å². The standard InChI is InChI=1S/C61H43N3O/c1-61(2)52-30-13-12-25-45(52)49-35-51-50-34-41(31-32-56(50)64(57(51)36-53(49)61)43-23-10-5-11-24-43)40-21-14-22-42(33-40)44-26-15-27-46-47-28-16-29-48(59(47)65-58(44)46)55-37-54(38-17-6-3-7-18-38)62-60(63-55)39-19-8-4-9-20-39/h3-36,54H,37H2,1-2H3/t54-/m1/s1. The van der Waals surface area contributed by atoms with Crippen molar-refractivity contribution < 1.29 is 4.42 Å². The summed E-state index contributed by atoms with van der Waals surface area (Å²) < 4.78 is 9.49. The molecule has 0 spiro atoms. The van der Waals surface area contributed by atoms with Crippen LogP contribution in [0.2, 0.25) is 0 Å². The minimum atomic E-state index is -0.0931. The molecule has 0 amide bonds. The molecule has 0 radical (unpaired) electrons. The molecule has 9 aromatic carbocycles. The molecule has 13 rings (SSSR count). The molecule has 2 aromatic heterocycles. The van der Waals surface area contributed by atoms with Gasteiger partial charge in [0, 0.05) is 55.8 Å². The highest BCUT2D eigenvalue weighted by molar-refractivity contribution is 6.21. The molecule has 308 valence electrons. The number of nitrogens with zero attached hydrogens (tertiary/aromatic N) is 3. The first-order chi connectivity index (χ1) is 32.0. The summed E-state index contributed by atoms with van der Waals surface area (Å²) in [5.41, 5.74) is 19.3. The lowest BCUT2D eigenvalue weighted by Crippen LogP contribution is -2.17. The quantitative estimate of drug-likeness (QED) is 0.165. The monoisotopic (exact) mass is 833 g/mol. The Kier molecular flexibility index (Phi) is 8.35. The van der Waals surface area contributed by atoms with Crippen molar-refractivity contribution in [1.29, 1.82) is 0 Å². The Morgan fingerprint density at radius 2 is 1.08 bits per heavy atom. The summed E-state index contributed by atoms with van der Waals surface area (Å²) >= 11 is 0. The van der Waals surface area contributed by atoms with Crippen molar-refractivity contribution >= 4 is 55.3 Å². The van der Waals surface area contributed by atoms with Crippen molar-refractivity contribution in [2.75, 3.05) is 0 Å². The number of amidine groups is 1. The zero-order valence-electron chi connectivity index (χ0n) is 36.2. The van der Waals surface area contributed by atoms with E-state index < -0.39 is 0 Å². The van der Waals surface area contributed by atoms with Crippen molar-refractivity contribution in [2.45, 2.75) is 31.7 Å². The maximum absolute atomic E-state index is 7.05. The minimum absolute atomic E-state index is 0.0596. The van der Waals surface area contributed by atoms with E-state index in [1.54, 1.807) is 0 Å². The van der Waals surface area contributed by atoms with Crippen molar-refractivity contribution in [1.82, 2.24) is 4.57 Å². The van der Waals surface area contributed by atoms with Crippen LogP contribution < -0.4 is 0 Å². The van der Waals surface area contributed by atoms with Crippen molar-refractivity contribution in [3.63, 3.8) is 0 Å². The van der Waals surface area contributed by atoms with Crippen LogP contribution in [0.25, 0.3) is 82.8 Å². The lowest BCUT2D eigenvalue weighted by Gasteiger charge is -2.21. The topological polar surface area (TPSA) is 42.8 Å². The van der Waals surface area contributed by atoms with Gasteiger partial charge in [-0.3, -0.25) is 4.99 Å². The van der Waals surface area contributed by atoms with Gasteiger partial charge in [0.05, 0.1) is 22.8 Å². The second kappa shape index (κ2) is 14.5. The second-order valence-electron chi connectivity index (χ2n) is 18.0. The molecule has 11 aromatic rings. The number of hydrogen-bond acceptors (Lipinski definition) is 3. The second-order valence-corrected chi connectivity index (χ2v) is 18.0. The Labute approximate surface area is 377 Å². The lowest BCUT2D eigenvalue weighted by atomic mass is 9.82. The molecule has 0 saturated carbocycles. The fourth-order valence-electron chi connectivity index (χ4n) is 10.7. The molecule has 1 atom stereocenters. The fourth-order valence-corrected chi connectivity index (χ4v) is 10.7. The van der Waals surface area contributed by atoms with E-state index in [9.17, 15) is 0 Å². The summed E-state index contributed by atoms with van der Waals surface area (Å²) in [5.74, 6) is 0.743. The van der Waals surface area contributed by atoms with E-state index in [1.165, 1.54) is 55.2 Å². The van der Waals surface area contributed by atoms with Crippen molar-refractivity contribution in [3.8, 4) is 39.1 Å². The number of furan rings is 1. The number of aliphatic imine (C=N–C) groups is 2. The molecule has 0 N–H and O–H groups in total. The van der Waals surface area contributed by atoms with E-state index in [-0.39, 0.29) is 11.5 Å². The number of aromatic nitrogens is 1. The first-order valence-corrected chi connectivity index (χ1v) is 22.6. The van der Waals surface area contributed by atoms with Gasteiger partial charge < -0.3 is 8.98 Å². The van der Waals surface area contributed by atoms with E-state index in [1.807, 2.05) is 18.2 Å². The minimum Gasteiger partial charge on any atom is -0.455 e. The Hall–Kier alpha value is -8.08. The van der Waals surface area contributed by atoms with Gasteiger partial charge in [-0.1, -0.05) is 172 Å². The Bertz CT molecular complexity index is 3760. The Morgan fingerprint density at radius 3 is 1.88 bits per heavy atom. The van der Waals surface area contributed by atoms with Crippen LogP contribution in [0.1, 0.15) is 54.1 Å². The largest absolute Gasteiger partial charge is 0.455 e. The average molecular weight is 834 g/mol. The normalized spacial score (nSPS) is 15.3. The summed E-state index contributed by atoms with van der Waals surface area (Å²) in [4.78, 5) is 10.4. The predicted molar refractivity (Wildman–Crippen MR) is 270 cm³/mol.